The highest BCUT2D eigenvalue weighted by molar-refractivity contribution is 6.93. The van der Waals surface area contributed by atoms with Crippen LogP contribution in [0.3, 0.4) is 0 Å². The Kier molecular flexibility index (Phi) is 50.1. The zero-order valence-electron chi connectivity index (χ0n) is 54.5. The minimum Gasteiger partial charge on any atom is -0.437 e. The minimum atomic E-state index is -3.45. The van der Waals surface area contributed by atoms with Crippen LogP contribution in [0.5, 0.6) is 0 Å². The summed E-state index contributed by atoms with van der Waals surface area (Å²) < 4.78 is 111. The van der Waals surface area contributed by atoms with Gasteiger partial charge in [0.15, 0.2) is 16.6 Å². The van der Waals surface area contributed by atoms with Gasteiger partial charge in [0.05, 0.1) is 66.1 Å². The van der Waals surface area contributed by atoms with Crippen molar-refractivity contribution in [2.24, 2.45) is 0 Å². The van der Waals surface area contributed by atoms with Crippen LogP contribution < -0.4 is 0 Å². The molecule has 0 aromatic rings. The van der Waals surface area contributed by atoms with E-state index < -0.39 is 68.0 Å². The fourth-order valence-corrected chi connectivity index (χ4v) is 48.8. The maximum Gasteiger partial charge on any atom is 0.319 e. The number of aliphatic hydroxyl groups is 5. The zero-order chi connectivity index (χ0) is 62.3. The molecule has 83 heavy (non-hydrogen) atoms. The van der Waals surface area contributed by atoms with Crippen molar-refractivity contribution in [3.63, 3.8) is 0 Å². The molecule has 0 aliphatic rings. The van der Waals surface area contributed by atoms with Crippen molar-refractivity contribution in [3.05, 3.63) is 0 Å². The Morgan fingerprint density at radius 1 is 0.193 bits per heavy atom. The van der Waals surface area contributed by atoms with Crippen LogP contribution in [0.2, 0.25) is 115 Å². The van der Waals surface area contributed by atoms with E-state index in [0.29, 0.717) is 162 Å². The number of ether oxygens (including phenoxy) is 10. The van der Waals surface area contributed by atoms with Gasteiger partial charge in [-0.25, -0.2) is 0 Å². The first-order valence-electron chi connectivity index (χ1n) is 31.0. The Morgan fingerprint density at radius 3 is 0.542 bits per heavy atom. The molecule has 5 N–H and O–H groups in total. The van der Waals surface area contributed by atoms with Crippen LogP contribution >= 0.6 is 0 Å². The molecule has 0 heterocycles. The van der Waals surface area contributed by atoms with E-state index in [-0.39, 0.29) is 33.0 Å². The molecule has 30 heteroatoms. The molecule has 0 aliphatic heterocycles. The van der Waals surface area contributed by atoms with E-state index in [1.54, 1.807) is 0 Å². The first-order chi connectivity index (χ1) is 39.3. The third-order valence-corrected chi connectivity index (χ3v) is 43.7. The third-order valence-electron chi connectivity index (χ3n) is 12.1. The monoisotopic (exact) mass is 1340 g/mol. The maximum absolute atomic E-state index is 9.20. The van der Waals surface area contributed by atoms with Gasteiger partial charge >= 0.3 is 51.4 Å². The molecule has 0 radical (unpaired) electrons. The molecular weight excluding hydrogens is 1210 g/mol. The average Bonchev–Trinajstić information content (AvgIpc) is 3.34. The van der Waals surface area contributed by atoms with Crippen LogP contribution in [0.15, 0.2) is 0 Å². The van der Waals surface area contributed by atoms with Gasteiger partial charge in [0.2, 0.25) is 0 Å². The lowest BCUT2D eigenvalue weighted by atomic mass is 10.3. The molecule has 0 saturated heterocycles. The molecule has 0 aliphatic carbocycles. The van der Waals surface area contributed by atoms with Crippen molar-refractivity contribution < 1.29 is 102 Å². The van der Waals surface area contributed by atoms with Gasteiger partial charge in [0.25, 0.3) is 0 Å². The summed E-state index contributed by atoms with van der Waals surface area (Å²) in [7, 11) is -23.6. The lowest BCUT2D eigenvalue weighted by Gasteiger charge is -2.47. The van der Waals surface area contributed by atoms with Gasteiger partial charge in [-0.15, -0.1) is 0 Å². The molecule has 22 nitrogen and oxygen atoms in total. The Labute approximate surface area is 511 Å². The van der Waals surface area contributed by atoms with Crippen molar-refractivity contribution in [1.29, 1.82) is 0 Å². The summed E-state index contributed by atoms with van der Waals surface area (Å²) in [4.78, 5) is 0. The Balaban J connectivity index is 7.57. The topological polar surface area (TPSA) is 258 Å². The molecule has 0 aromatic heterocycles. The van der Waals surface area contributed by atoms with Gasteiger partial charge in [-0.3, -0.25) is 0 Å². The third kappa shape index (κ3) is 51.2. The van der Waals surface area contributed by atoms with E-state index in [9.17, 15) is 15.3 Å². The smallest absolute Gasteiger partial charge is 0.319 e. The fraction of sp³-hybridized carbons (Fsp3) is 1.00. The van der Waals surface area contributed by atoms with Crippen molar-refractivity contribution in [2.75, 3.05) is 165 Å². The summed E-state index contributed by atoms with van der Waals surface area (Å²) in [5.41, 5.74) is 0. The van der Waals surface area contributed by atoms with Gasteiger partial charge in [-0.2, -0.15) is 0 Å². The Hall–Kier alpha value is 0.855. The first kappa shape index (κ1) is 83.9. The maximum atomic E-state index is 9.20. The Bertz CT molecular complexity index is 1490. The van der Waals surface area contributed by atoms with Gasteiger partial charge in [-0.1, -0.05) is 0 Å². The van der Waals surface area contributed by atoms with E-state index >= 15 is 0 Å². The molecule has 0 aromatic carbocycles. The van der Waals surface area contributed by atoms with Gasteiger partial charge in [0, 0.05) is 129 Å². The van der Waals surface area contributed by atoms with Crippen molar-refractivity contribution in [1.82, 2.24) is 0 Å². The molecule has 5 atom stereocenters. The second kappa shape index (κ2) is 49.5. The van der Waals surface area contributed by atoms with Crippen LogP contribution in [0, 0.1) is 0 Å². The highest BCUT2D eigenvalue weighted by Crippen LogP contribution is 2.36. The molecule has 0 amide bonds. The van der Waals surface area contributed by atoms with Crippen LogP contribution in [0.4, 0.5) is 0 Å². The van der Waals surface area contributed by atoms with E-state index in [4.69, 9.17) is 86.4 Å². The zero-order valence-corrected chi connectivity index (χ0v) is 62.5. The van der Waals surface area contributed by atoms with E-state index in [2.05, 4.69) is 85.1 Å². The summed E-state index contributed by atoms with van der Waals surface area (Å²) in [6.45, 7) is 36.9. The lowest BCUT2D eigenvalue weighted by molar-refractivity contribution is 0.0793. The Morgan fingerprint density at radius 2 is 0.361 bits per heavy atom. The molecule has 0 rings (SSSR count). The first-order valence-corrected chi connectivity index (χ1v) is 53.2. The van der Waals surface area contributed by atoms with Crippen molar-refractivity contribution >= 4 is 68.0 Å². The van der Waals surface area contributed by atoms with E-state index in [0.717, 1.165) is 64.2 Å². The second-order valence-corrected chi connectivity index (χ2v) is 54.8. The summed E-state index contributed by atoms with van der Waals surface area (Å²) >= 11 is 0. The van der Waals surface area contributed by atoms with Crippen LogP contribution in [0.1, 0.15) is 64.2 Å². The van der Waals surface area contributed by atoms with Crippen LogP contribution in [-0.4, -0.2) is 259 Å². The van der Waals surface area contributed by atoms with Crippen LogP contribution in [-0.2, 0) is 76.2 Å². The number of unbranched alkanes of at least 4 members (excludes halogenated alkanes) is 5. The predicted octanol–water partition coefficient (Wildman–Crippen LogP) is 7.86. The minimum absolute atomic E-state index is 0.00286. The van der Waals surface area contributed by atoms with Gasteiger partial charge in [-0.05, 0) is 149 Å². The molecule has 0 fully saturated rings. The quantitative estimate of drug-likeness (QED) is 0.0287. The highest BCUT2D eigenvalue weighted by Gasteiger charge is 2.55. The number of hydrogen-bond donors (Lipinski definition) is 5. The largest absolute Gasteiger partial charge is 0.437 e. The molecule has 500 valence electrons. The summed E-state index contributed by atoms with van der Waals surface area (Å²) in [6.07, 6.45) is 8.03. The number of rotatable bonds is 64. The van der Waals surface area contributed by atoms with E-state index in [1.165, 1.54) is 0 Å². The van der Waals surface area contributed by atoms with Crippen molar-refractivity contribution in [2.45, 2.75) is 180 Å². The van der Waals surface area contributed by atoms with Gasteiger partial charge < -0.3 is 102 Å². The summed E-state index contributed by atoms with van der Waals surface area (Å²) in [5.74, 6) is 0. The summed E-state index contributed by atoms with van der Waals surface area (Å²) in [5, 5.41) is 45.8. The van der Waals surface area contributed by atoms with Crippen molar-refractivity contribution in [3.8, 4) is 0 Å². The second-order valence-electron chi connectivity index (χ2n) is 24.0. The van der Waals surface area contributed by atoms with Gasteiger partial charge in [0.1, 0.15) is 0 Å². The molecule has 0 spiro atoms. The lowest BCUT2D eigenvalue weighted by Crippen LogP contribution is -2.65. The SMILES string of the molecule is C[Si](C)(C)O[Si](C)(C)O[Si](C)(CCOCCCCOCCO)O[Si](C)(CCOCCCCOCCO)O[Si](C)(CCOCCCCOCCO)O[Si](C)(CCOCCCCOCCO)O[Si](C)(CCOCCCCOCCO)O[Si](C)(C)C. The van der Waals surface area contributed by atoms with E-state index in [1.807, 2.05) is 0 Å². The predicted molar refractivity (Wildman–Crippen MR) is 344 cm³/mol. The fourth-order valence-electron chi connectivity index (χ4n) is 9.04. The molecule has 0 saturated carbocycles. The summed E-state index contributed by atoms with van der Waals surface area (Å²) in [6, 6.07) is 2.56. The molecule has 5 unspecified atom stereocenters. The highest BCUT2D eigenvalue weighted by atomic mass is 28.5. The van der Waals surface area contributed by atoms with Crippen LogP contribution in [0.25, 0.3) is 0 Å². The number of aliphatic hydroxyl groups excluding tert-OH is 5. The normalized spacial score (nSPS) is 16.4. The molecule has 0 bridgehead atoms. The average molecular weight is 1340 g/mol. The molecular formula is C53H124O22Si8. The standard InChI is InChI=1S/C53H124O22Si8/c1-76(2,3)69-78(7,8)71-80(10,50-45-65-35-20-15-30-60-40-25-55)73-82(12,52-47-67-37-22-17-32-62-42-27-57)75-83(13,53-48-68-38-23-18-33-63-43-28-58)74-81(11,51-46-66-36-21-16-31-61-41-26-56)72-79(9,70-77(4,5)6)49-44-64-34-19-14-29-59-39-24-54/h54-58H,14-53H2,1-13H3. The number of hydrogen-bond acceptors (Lipinski definition) is 22.